The Hall–Kier alpha value is -3.59. The lowest BCUT2D eigenvalue weighted by Gasteiger charge is -2.38. The first-order valence-corrected chi connectivity index (χ1v) is 11.5. The number of hydrogen-bond acceptors (Lipinski definition) is 5. The Kier molecular flexibility index (Phi) is 6.00. The molecule has 2 N–H and O–H groups in total. The van der Waals surface area contributed by atoms with E-state index in [0.29, 0.717) is 31.9 Å². The number of carboxylic acid groups (broad SMARTS) is 1. The van der Waals surface area contributed by atoms with E-state index in [1.54, 1.807) is 42.5 Å². The second-order valence-corrected chi connectivity index (χ2v) is 9.09. The highest BCUT2D eigenvalue weighted by Gasteiger charge is 2.23. The minimum Gasteiger partial charge on any atom is -0.478 e. The third-order valence-corrected chi connectivity index (χ3v) is 6.74. The quantitative estimate of drug-likeness (QED) is 0.590. The van der Waals surface area contributed by atoms with Gasteiger partial charge in [-0.05, 0) is 54.6 Å². The lowest BCUT2D eigenvalue weighted by atomic mass is 10.1. The second kappa shape index (κ2) is 8.88. The molecule has 1 fully saturated rings. The van der Waals surface area contributed by atoms with Crippen molar-refractivity contribution in [2.24, 2.45) is 0 Å². The SMILES string of the molecule is O=C(O)c1cc(NS(=O)(=O)c2ccccc2)ccc1N1CCN(c2ccc(F)cc2)CC1. The molecule has 0 saturated carbocycles. The summed E-state index contributed by atoms with van der Waals surface area (Å²) in [4.78, 5) is 16.1. The number of nitrogens with one attached hydrogen (secondary N) is 1. The molecule has 9 heteroatoms. The van der Waals surface area contributed by atoms with Crippen LogP contribution in [0.1, 0.15) is 10.4 Å². The Balaban J connectivity index is 1.51. The highest BCUT2D eigenvalue weighted by molar-refractivity contribution is 7.92. The molecule has 0 spiro atoms. The van der Waals surface area contributed by atoms with Gasteiger partial charge in [0.05, 0.1) is 16.1 Å². The largest absolute Gasteiger partial charge is 0.478 e. The molecule has 0 amide bonds. The predicted molar refractivity (Wildman–Crippen MR) is 121 cm³/mol. The first kappa shape index (κ1) is 21.6. The summed E-state index contributed by atoms with van der Waals surface area (Å²) in [5.74, 6) is -1.43. The third-order valence-electron chi connectivity index (χ3n) is 5.34. The van der Waals surface area contributed by atoms with Crippen LogP contribution in [0.25, 0.3) is 0 Å². The fourth-order valence-corrected chi connectivity index (χ4v) is 4.79. The summed E-state index contributed by atoms with van der Waals surface area (Å²) in [6.07, 6.45) is 0. The van der Waals surface area contributed by atoms with Crippen LogP contribution < -0.4 is 14.5 Å². The van der Waals surface area contributed by atoms with Gasteiger partial charge in [0.2, 0.25) is 0 Å². The zero-order valence-electron chi connectivity index (χ0n) is 17.1. The van der Waals surface area contributed by atoms with Crippen LogP contribution in [0.2, 0.25) is 0 Å². The van der Waals surface area contributed by atoms with Crippen molar-refractivity contribution in [3.05, 3.63) is 84.2 Å². The van der Waals surface area contributed by atoms with Crippen LogP contribution in [0.3, 0.4) is 0 Å². The van der Waals surface area contributed by atoms with Gasteiger partial charge in [-0.25, -0.2) is 17.6 Å². The summed E-state index contributed by atoms with van der Waals surface area (Å²) in [5.41, 5.74) is 1.64. The zero-order chi connectivity index (χ0) is 22.7. The van der Waals surface area contributed by atoms with Gasteiger partial charge in [-0.1, -0.05) is 18.2 Å². The molecule has 1 aliphatic heterocycles. The van der Waals surface area contributed by atoms with E-state index < -0.39 is 16.0 Å². The van der Waals surface area contributed by atoms with Crippen molar-refractivity contribution in [1.29, 1.82) is 0 Å². The van der Waals surface area contributed by atoms with Gasteiger partial charge in [0, 0.05) is 37.6 Å². The number of benzene rings is 3. The molecule has 0 bridgehead atoms. The van der Waals surface area contributed by atoms with Crippen molar-refractivity contribution >= 4 is 33.1 Å². The van der Waals surface area contributed by atoms with Gasteiger partial charge in [-0.3, -0.25) is 4.72 Å². The lowest BCUT2D eigenvalue weighted by molar-refractivity contribution is 0.0697. The van der Waals surface area contributed by atoms with Gasteiger partial charge in [-0.2, -0.15) is 0 Å². The van der Waals surface area contributed by atoms with Crippen LogP contribution in [-0.2, 0) is 10.0 Å². The molecule has 4 rings (SSSR count). The molecule has 7 nitrogen and oxygen atoms in total. The zero-order valence-corrected chi connectivity index (χ0v) is 17.9. The summed E-state index contributed by atoms with van der Waals surface area (Å²) < 4.78 is 40.7. The van der Waals surface area contributed by atoms with E-state index in [-0.39, 0.29) is 22.0 Å². The van der Waals surface area contributed by atoms with Crippen molar-refractivity contribution in [2.45, 2.75) is 4.90 Å². The minimum atomic E-state index is -3.82. The van der Waals surface area contributed by atoms with Crippen molar-refractivity contribution in [1.82, 2.24) is 0 Å². The summed E-state index contributed by atoms with van der Waals surface area (Å²) in [7, 11) is -3.82. The van der Waals surface area contributed by atoms with Crippen LogP contribution in [0.4, 0.5) is 21.5 Å². The van der Waals surface area contributed by atoms with Crippen LogP contribution in [0, 0.1) is 5.82 Å². The topological polar surface area (TPSA) is 89.9 Å². The van der Waals surface area contributed by atoms with E-state index in [0.717, 1.165) is 5.69 Å². The van der Waals surface area contributed by atoms with Gasteiger partial charge in [0.15, 0.2) is 0 Å². The molecule has 0 atom stereocenters. The summed E-state index contributed by atoms with van der Waals surface area (Å²) >= 11 is 0. The van der Waals surface area contributed by atoms with Crippen molar-refractivity contribution in [2.75, 3.05) is 40.7 Å². The third kappa shape index (κ3) is 4.67. The van der Waals surface area contributed by atoms with E-state index in [9.17, 15) is 22.7 Å². The Morgan fingerprint density at radius 3 is 2.12 bits per heavy atom. The van der Waals surface area contributed by atoms with Gasteiger partial charge >= 0.3 is 5.97 Å². The fourth-order valence-electron chi connectivity index (χ4n) is 3.72. The lowest BCUT2D eigenvalue weighted by Crippen LogP contribution is -2.47. The first-order valence-electron chi connectivity index (χ1n) is 10.0. The molecule has 0 aromatic heterocycles. The molecule has 3 aromatic rings. The molecule has 1 aliphatic rings. The number of hydrogen-bond donors (Lipinski definition) is 2. The van der Waals surface area contributed by atoms with Crippen LogP contribution >= 0.6 is 0 Å². The Bertz CT molecular complexity index is 1210. The van der Waals surface area contributed by atoms with Crippen LogP contribution in [-0.4, -0.2) is 45.7 Å². The van der Waals surface area contributed by atoms with Gasteiger partial charge in [0.25, 0.3) is 10.0 Å². The molecule has 0 unspecified atom stereocenters. The highest BCUT2D eigenvalue weighted by atomic mass is 32.2. The number of rotatable bonds is 6. The van der Waals surface area contributed by atoms with Crippen molar-refractivity contribution in [3.63, 3.8) is 0 Å². The maximum absolute atomic E-state index is 13.2. The van der Waals surface area contributed by atoms with Crippen LogP contribution in [0.5, 0.6) is 0 Å². The van der Waals surface area contributed by atoms with Crippen molar-refractivity contribution < 1.29 is 22.7 Å². The maximum Gasteiger partial charge on any atom is 0.337 e. The summed E-state index contributed by atoms with van der Waals surface area (Å²) in [6, 6.07) is 18.7. The Morgan fingerprint density at radius 2 is 1.50 bits per heavy atom. The fraction of sp³-hybridized carbons (Fsp3) is 0.174. The van der Waals surface area contributed by atoms with E-state index in [4.69, 9.17) is 0 Å². The molecule has 0 aliphatic carbocycles. The molecule has 166 valence electrons. The minimum absolute atomic E-state index is 0.0218. The van der Waals surface area contributed by atoms with Gasteiger partial charge in [-0.15, -0.1) is 0 Å². The standard InChI is InChI=1S/C23H22FN3O4S/c24-17-6-9-19(10-7-17)26-12-14-27(15-13-26)22-11-8-18(16-21(22)23(28)29)25-32(30,31)20-4-2-1-3-5-20/h1-11,16,25H,12-15H2,(H,28,29). The predicted octanol–water partition coefficient (Wildman–Crippen LogP) is 3.65. The average Bonchev–Trinajstić information content (AvgIpc) is 2.80. The van der Waals surface area contributed by atoms with Gasteiger partial charge in [0.1, 0.15) is 5.82 Å². The summed E-state index contributed by atoms with van der Waals surface area (Å²) in [5, 5.41) is 9.74. The molecular weight excluding hydrogens is 433 g/mol. The normalized spacial score (nSPS) is 14.3. The number of aromatic carboxylic acids is 1. The molecule has 1 heterocycles. The number of halogens is 1. The molecule has 0 radical (unpaired) electrons. The monoisotopic (exact) mass is 455 g/mol. The molecule has 32 heavy (non-hydrogen) atoms. The number of sulfonamides is 1. The van der Waals surface area contributed by atoms with Crippen LogP contribution in [0.15, 0.2) is 77.7 Å². The molecule has 1 saturated heterocycles. The van der Waals surface area contributed by atoms with E-state index in [1.165, 1.54) is 30.3 Å². The number of piperazine rings is 1. The molecule has 3 aromatic carbocycles. The van der Waals surface area contributed by atoms with E-state index >= 15 is 0 Å². The summed E-state index contributed by atoms with van der Waals surface area (Å²) in [6.45, 7) is 2.44. The van der Waals surface area contributed by atoms with E-state index in [2.05, 4.69) is 9.62 Å². The number of carboxylic acids is 1. The molecular formula is C23H22FN3O4S. The Morgan fingerprint density at radius 1 is 0.875 bits per heavy atom. The average molecular weight is 456 g/mol. The van der Waals surface area contributed by atoms with Crippen molar-refractivity contribution in [3.8, 4) is 0 Å². The highest BCUT2D eigenvalue weighted by Crippen LogP contribution is 2.28. The maximum atomic E-state index is 13.2. The first-order chi connectivity index (χ1) is 15.3. The number of anilines is 3. The number of carbonyl (C=O) groups is 1. The van der Waals surface area contributed by atoms with Gasteiger partial charge < -0.3 is 14.9 Å². The van der Waals surface area contributed by atoms with E-state index in [1.807, 2.05) is 4.90 Å². The Labute approximate surface area is 185 Å². The number of nitrogens with zero attached hydrogens (tertiary/aromatic N) is 2. The smallest absolute Gasteiger partial charge is 0.337 e. The second-order valence-electron chi connectivity index (χ2n) is 7.41.